The van der Waals surface area contributed by atoms with Gasteiger partial charge in [-0.1, -0.05) is 0 Å². The predicted molar refractivity (Wildman–Crippen MR) is 75.1 cm³/mol. The third-order valence-corrected chi connectivity index (χ3v) is 5.05. The van der Waals surface area contributed by atoms with Gasteiger partial charge in [0, 0.05) is 12.6 Å². The highest BCUT2D eigenvalue weighted by molar-refractivity contribution is 7.99. The molecule has 1 spiro atoms. The highest BCUT2D eigenvalue weighted by Gasteiger charge is 2.41. The third kappa shape index (κ3) is 4.10. The van der Waals surface area contributed by atoms with Gasteiger partial charge in [-0.05, 0) is 37.2 Å². The fourth-order valence-electron chi connectivity index (χ4n) is 3.07. The second kappa shape index (κ2) is 6.78. The van der Waals surface area contributed by atoms with E-state index in [4.69, 9.17) is 14.9 Å². The molecule has 0 amide bonds. The summed E-state index contributed by atoms with van der Waals surface area (Å²) in [5.41, 5.74) is -0.163. The first-order chi connectivity index (χ1) is 9.51. The maximum Gasteiger partial charge on any atom is 0.317 e. The van der Waals surface area contributed by atoms with Crippen LogP contribution >= 0.6 is 11.8 Å². The molecule has 0 aromatic rings. The van der Waals surface area contributed by atoms with Gasteiger partial charge in [0.25, 0.3) is 0 Å². The van der Waals surface area contributed by atoms with Crippen molar-refractivity contribution < 1.29 is 24.5 Å². The van der Waals surface area contributed by atoms with Crippen LogP contribution in [0, 0.1) is 0 Å². The average Bonchev–Trinajstić information content (AvgIpc) is 2.38. The summed E-state index contributed by atoms with van der Waals surface area (Å²) in [7, 11) is 0. The lowest BCUT2D eigenvalue weighted by Crippen LogP contribution is -2.52. The lowest BCUT2D eigenvalue weighted by atomic mass is 9.85. The first-order valence-electron chi connectivity index (χ1n) is 6.90. The number of ether oxygens (including phenoxy) is 1. The van der Waals surface area contributed by atoms with Crippen LogP contribution in [0.4, 0.5) is 0 Å². The van der Waals surface area contributed by atoms with Crippen LogP contribution in [0.3, 0.4) is 0 Å². The number of thioether (sulfide) groups is 1. The minimum atomic E-state index is -0.981. The molecule has 2 heterocycles. The Morgan fingerprint density at radius 1 is 1.20 bits per heavy atom. The molecule has 0 radical (unpaired) electrons. The molecule has 2 saturated heterocycles. The molecule has 114 valence electrons. The van der Waals surface area contributed by atoms with Gasteiger partial charge in [-0.25, -0.2) is 0 Å². The van der Waals surface area contributed by atoms with E-state index in [0.717, 1.165) is 30.8 Å². The Bertz CT molecular complexity index is 348. The van der Waals surface area contributed by atoms with Crippen LogP contribution in [0.25, 0.3) is 0 Å². The molecule has 2 rings (SSSR count). The highest BCUT2D eigenvalue weighted by Crippen LogP contribution is 2.38. The Balaban J connectivity index is 2.03. The molecule has 0 aliphatic carbocycles. The molecular weight excluding hydrogens is 282 g/mol. The second-order valence-electron chi connectivity index (χ2n) is 5.48. The molecule has 6 nitrogen and oxygen atoms in total. The van der Waals surface area contributed by atoms with Gasteiger partial charge in [0.2, 0.25) is 0 Å². The lowest BCUT2D eigenvalue weighted by Gasteiger charge is -2.45. The molecule has 1 atom stereocenters. The van der Waals surface area contributed by atoms with Gasteiger partial charge in [0.1, 0.15) is 0 Å². The summed E-state index contributed by atoms with van der Waals surface area (Å²) in [6, 6.07) is -0.0148. The Labute approximate surface area is 122 Å². The number of carbonyl (C=O) groups is 2. The van der Waals surface area contributed by atoms with Gasteiger partial charge in [-0.15, -0.1) is 0 Å². The maximum atomic E-state index is 10.9. The smallest absolute Gasteiger partial charge is 0.317 e. The fraction of sp³-hybridized carbons (Fsp3) is 0.846. The van der Waals surface area contributed by atoms with E-state index < -0.39 is 11.9 Å². The molecule has 0 aromatic heterocycles. The molecule has 2 N–H and O–H groups in total. The molecular formula is C13H21NO5S. The quantitative estimate of drug-likeness (QED) is 0.780. The number of hydrogen-bond acceptors (Lipinski definition) is 5. The molecule has 7 heteroatoms. The third-order valence-electron chi connectivity index (χ3n) is 4.06. The molecule has 2 aliphatic heterocycles. The second-order valence-corrected chi connectivity index (χ2v) is 6.71. The molecule has 20 heavy (non-hydrogen) atoms. The molecule has 1 unspecified atom stereocenters. The first-order valence-corrected chi connectivity index (χ1v) is 8.06. The van der Waals surface area contributed by atoms with Crippen molar-refractivity contribution in [2.24, 2.45) is 0 Å². The van der Waals surface area contributed by atoms with E-state index in [0.29, 0.717) is 13.0 Å². The highest BCUT2D eigenvalue weighted by atomic mass is 32.2. The van der Waals surface area contributed by atoms with Crippen molar-refractivity contribution in [1.82, 2.24) is 4.90 Å². The van der Waals surface area contributed by atoms with E-state index in [1.54, 1.807) is 4.90 Å². The zero-order valence-corrected chi connectivity index (χ0v) is 12.2. The lowest BCUT2D eigenvalue weighted by molar-refractivity contribution is -0.148. The van der Waals surface area contributed by atoms with Crippen molar-refractivity contribution in [3.8, 4) is 0 Å². The van der Waals surface area contributed by atoms with Gasteiger partial charge in [-0.2, -0.15) is 11.8 Å². The Kier molecular flexibility index (Phi) is 5.29. The number of rotatable bonds is 5. The standard InChI is InChI=1S/C13H21NO5S/c15-11(16)8-14(9-12(17)18)10-1-4-19-13(7-10)2-5-20-6-3-13/h10H,1-9H2,(H,15,16)(H,17,18). The first kappa shape index (κ1) is 15.6. The van der Waals surface area contributed by atoms with E-state index in [2.05, 4.69) is 0 Å². The van der Waals surface area contributed by atoms with Crippen LogP contribution < -0.4 is 0 Å². The normalized spacial score (nSPS) is 25.8. The van der Waals surface area contributed by atoms with Crippen LogP contribution in [-0.2, 0) is 14.3 Å². The molecule has 0 bridgehead atoms. The monoisotopic (exact) mass is 303 g/mol. The van der Waals surface area contributed by atoms with Gasteiger partial charge in [-0.3, -0.25) is 14.5 Å². The van der Waals surface area contributed by atoms with E-state index in [1.807, 2.05) is 11.8 Å². The van der Waals surface area contributed by atoms with E-state index in [1.165, 1.54) is 0 Å². The SMILES string of the molecule is O=C(O)CN(CC(=O)O)C1CCOC2(CCSCC2)C1. The van der Waals surface area contributed by atoms with Crippen molar-refractivity contribution >= 4 is 23.7 Å². The van der Waals surface area contributed by atoms with Crippen LogP contribution in [0.15, 0.2) is 0 Å². The van der Waals surface area contributed by atoms with Crippen molar-refractivity contribution in [3.05, 3.63) is 0 Å². The Morgan fingerprint density at radius 2 is 1.80 bits per heavy atom. The zero-order chi connectivity index (χ0) is 14.6. The summed E-state index contributed by atoms with van der Waals surface area (Å²) < 4.78 is 5.96. The van der Waals surface area contributed by atoms with Crippen LogP contribution in [0.5, 0.6) is 0 Å². The van der Waals surface area contributed by atoms with Gasteiger partial charge in [0.15, 0.2) is 0 Å². The summed E-state index contributed by atoms with van der Waals surface area (Å²) in [5.74, 6) is 0.159. The van der Waals surface area contributed by atoms with Crippen LogP contribution in [0.1, 0.15) is 25.7 Å². The summed E-state index contributed by atoms with van der Waals surface area (Å²) in [6.45, 7) is 0.147. The summed E-state index contributed by atoms with van der Waals surface area (Å²) in [6.07, 6.45) is 3.40. The van der Waals surface area contributed by atoms with Crippen molar-refractivity contribution in [1.29, 1.82) is 0 Å². The van der Waals surface area contributed by atoms with E-state index >= 15 is 0 Å². The van der Waals surface area contributed by atoms with Crippen molar-refractivity contribution in [3.63, 3.8) is 0 Å². The van der Waals surface area contributed by atoms with Crippen LogP contribution in [-0.4, -0.2) is 69.9 Å². The minimum absolute atomic E-state index is 0.0148. The van der Waals surface area contributed by atoms with E-state index in [-0.39, 0.29) is 24.7 Å². The number of carboxylic acids is 2. The Morgan fingerprint density at radius 3 is 2.35 bits per heavy atom. The average molecular weight is 303 g/mol. The summed E-state index contributed by atoms with van der Waals surface area (Å²) in [5, 5.41) is 17.9. The molecule has 2 aliphatic rings. The van der Waals surface area contributed by atoms with Gasteiger partial charge < -0.3 is 14.9 Å². The number of hydrogen-bond donors (Lipinski definition) is 2. The summed E-state index contributed by atoms with van der Waals surface area (Å²) in [4.78, 5) is 23.4. The Hall–Kier alpha value is -0.790. The minimum Gasteiger partial charge on any atom is -0.480 e. The van der Waals surface area contributed by atoms with E-state index in [9.17, 15) is 9.59 Å². The molecule has 2 fully saturated rings. The van der Waals surface area contributed by atoms with Crippen molar-refractivity contribution in [2.45, 2.75) is 37.3 Å². The van der Waals surface area contributed by atoms with Crippen molar-refractivity contribution in [2.75, 3.05) is 31.2 Å². The zero-order valence-electron chi connectivity index (χ0n) is 11.4. The van der Waals surface area contributed by atoms with Gasteiger partial charge >= 0.3 is 11.9 Å². The maximum absolute atomic E-state index is 10.9. The number of carboxylic acid groups (broad SMARTS) is 2. The topological polar surface area (TPSA) is 87.1 Å². The number of aliphatic carboxylic acids is 2. The summed E-state index contributed by atoms with van der Waals surface area (Å²) >= 11 is 1.91. The van der Waals surface area contributed by atoms with Gasteiger partial charge in [0.05, 0.1) is 18.7 Å². The largest absolute Gasteiger partial charge is 0.480 e. The molecule has 0 saturated carbocycles. The fourth-order valence-corrected chi connectivity index (χ4v) is 4.30. The number of nitrogens with zero attached hydrogens (tertiary/aromatic N) is 1. The molecule has 0 aromatic carbocycles. The van der Waals surface area contributed by atoms with Crippen LogP contribution in [0.2, 0.25) is 0 Å². The predicted octanol–water partition coefficient (Wildman–Crippen LogP) is 0.902.